The molecule has 0 aliphatic carbocycles. The summed E-state index contributed by atoms with van der Waals surface area (Å²) < 4.78 is 1.63. The quantitative estimate of drug-likeness (QED) is 0.848. The van der Waals surface area contributed by atoms with Crippen molar-refractivity contribution >= 4 is 52.5 Å². The second kappa shape index (κ2) is 5.94. The summed E-state index contributed by atoms with van der Waals surface area (Å²) >= 11 is 13.2. The Morgan fingerprint density at radius 2 is 2.23 bits per heavy atom. The van der Waals surface area contributed by atoms with Crippen LogP contribution in [0.3, 0.4) is 0 Å². The Hall–Kier alpha value is -1.51. The van der Waals surface area contributed by atoms with Crippen LogP contribution in [0.1, 0.15) is 6.92 Å². The Labute approximate surface area is 140 Å². The lowest BCUT2D eigenvalue weighted by Gasteiger charge is -2.16. The van der Waals surface area contributed by atoms with Crippen LogP contribution in [0.5, 0.6) is 0 Å². The number of hydrogen-bond donors (Lipinski definition) is 1. The van der Waals surface area contributed by atoms with Gasteiger partial charge in [-0.15, -0.1) is 10.2 Å². The minimum absolute atomic E-state index is 0.273. The second-order valence-corrected chi connectivity index (χ2v) is 6.82. The number of amides is 3. The number of thioether (sulfide) groups is 1. The van der Waals surface area contributed by atoms with Crippen LogP contribution < -0.4 is 5.32 Å². The van der Waals surface area contributed by atoms with E-state index in [1.807, 2.05) is 0 Å². The van der Waals surface area contributed by atoms with Crippen molar-refractivity contribution in [1.82, 2.24) is 24.8 Å². The molecule has 2 aromatic heterocycles. The summed E-state index contributed by atoms with van der Waals surface area (Å²) in [7, 11) is 0. The third kappa shape index (κ3) is 2.73. The maximum atomic E-state index is 12.3. The number of carbonyl (C=O) groups excluding carboxylic acids is 2. The van der Waals surface area contributed by atoms with E-state index in [-0.39, 0.29) is 11.9 Å². The van der Waals surface area contributed by atoms with Gasteiger partial charge in [-0.25, -0.2) is 4.79 Å². The number of rotatable bonds is 3. The lowest BCUT2D eigenvalue weighted by atomic mass is 10.4. The molecule has 7 nitrogen and oxygen atoms in total. The predicted octanol–water partition coefficient (Wildman–Crippen LogP) is 2.07. The average molecular weight is 360 g/mol. The van der Waals surface area contributed by atoms with Crippen molar-refractivity contribution in [3.8, 4) is 0 Å². The van der Waals surface area contributed by atoms with Crippen LogP contribution in [-0.2, 0) is 4.79 Å². The molecule has 3 heterocycles. The topological polar surface area (TPSA) is 79.6 Å². The number of carbonyl (C=O) groups is 2. The zero-order valence-electron chi connectivity index (χ0n) is 11.4. The molecule has 10 heteroatoms. The second-order valence-electron chi connectivity index (χ2n) is 4.66. The Morgan fingerprint density at radius 3 is 2.91 bits per heavy atom. The Balaban J connectivity index is 1.84. The molecule has 0 bridgehead atoms. The fraction of sp³-hybridized carbons (Fsp3) is 0.333. The molecule has 1 atom stereocenters. The summed E-state index contributed by atoms with van der Waals surface area (Å²) in [5, 5.41) is 11.4. The highest BCUT2D eigenvalue weighted by molar-refractivity contribution is 8.00. The molecular formula is C12H11Cl2N5O2S. The van der Waals surface area contributed by atoms with Crippen LogP contribution >= 0.6 is 35.0 Å². The summed E-state index contributed by atoms with van der Waals surface area (Å²) in [6.07, 6.45) is 1.63. The number of imide groups is 1. The summed E-state index contributed by atoms with van der Waals surface area (Å²) in [6, 6.07) is 1.21. The molecule has 1 N–H and O–H groups in total. The van der Waals surface area contributed by atoms with Gasteiger partial charge in [0, 0.05) is 19.3 Å². The van der Waals surface area contributed by atoms with Gasteiger partial charge in [-0.3, -0.25) is 14.1 Å². The van der Waals surface area contributed by atoms with E-state index >= 15 is 0 Å². The summed E-state index contributed by atoms with van der Waals surface area (Å²) in [6.45, 7) is 2.56. The number of urea groups is 1. The monoisotopic (exact) mass is 359 g/mol. The Morgan fingerprint density at radius 1 is 1.45 bits per heavy atom. The minimum Gasteiger partial charge on any atom is -0.336 e. The zero-order valence-corrected chi connectivity index (χ0v) is 13.7. The van der Waals surface area contributed by atoms with Crippen molar-refractivity contribution in [1.29, 1.82) is 0 Å². The van der Waals surface area contributed by atoms with Crippen LogP contribution in [-0.4, -0.2) is 49.8 Å². The van der Waals surface area contributed by atoms with Crippen LogP contribution in [0.15, 0.2) is 17.4 Å². The van der Waals surface area contributed by atoms with Gasteiger partial charge in [-0.2, -0.15) is 0 Å². The van der Waals surface area contributed by atoms with Gasteiger partial charge in [0.2, 0.25) is 5.91 Å². The molecule has 22 heavy (non-hydrogen) atoms. The van der Waals surface area contributed by atoms with Crippen LogP contribution in [0.4, 0.5) is 4.79 Å². The highest BCUT2D eigenvalue weighted by atomic mass is 35.5. The van der Waals surface area contributed by atoms with Gasteiger partial charge in [0.1, 0.15) is 0 Å². The van der Waals surface area contributed by atoms with Crippen LogP contribution in [0.2, 0.25) is 10.0 Å². The predicted molar refractivity (Wildman–Crippen MR) is 83.4 cm³/mol. The van der Waals surface area contributed by atoms with E-state index in [1.165, 1.54) is 16.7 Å². The number of nitrogens with one attached hydrogen (secondary N) is 1. The molecule has 1 saturated heterocycles. The number of nitrogens with zero attached hydrogens (tertiary/aromatic N) is 4. The van der Waals surface area contributed by atoms with Crippen molar-refractivity contribution in [2.75, 3.05) is 13.1 Å². The molecule has 3 rings (SSSR count). The average Bonchev–Trinajstić information content (AvgIpc) is 3.05. The smallest absolute Gasteiger partial charge is 0.324 e. The molecule has 1 aliphatic heterocycles. The first-order chi connectivity index (χ1) is 10.5. The van der Waals surface area contributed by atoms with Gasteiger partial charge in [0.05, 0.1) is 15.3 Å². The van der Waals surface area contributed by atoms with Crippen molar-refractivity contribution < 1.29 is 9.59 Å². The van der Waals surface area contributed by atoms with E-state index in [0.717, 1.165) is 0 Å². The number of halogens is 2. The first-order valence-corrected chi connectivity index (χ1v) is 8.06. The highest BCUT2D eigenvalue weighted by Gasteiger charge is 2.31. The molecule has 0 radical (unpaired) electrons. The molecule has 1 fully saturated rings. The molecule has 0 aromatic carbocycles. The van der Waals surface area contributed by atoms with Gasteiger partial charge < -0.3 is 5.32 Å². The van der Waals surface area contributed by atoms with Crippen molar-refractivity contribution in [2.45, 2.75) is 17.3 Å². The third-order valence-electron chi connectivity index (χ3n) is 3.15. The van der Waals surface area contributed by atoms with Crippen LogP contribution in [0.25, 0.3) is 5.65 Å². The van der Waals surface area contributed by atoms with Crippen molar-refractivity contribution in [2.24, 2.45) is 0 Å². The molecule has 116 valence electrons. The first kappa shape index (κ1) is 15.4. The normalized spacial score (nSPS) is 16.1. The van der Waals surface area contributed by atoms with E-state index in [9.17, 15) is 9.59 Å². The van der Waals surface area contributed by atoms with Crippen LogP contribution in [0, 0.1) is 0 Å². The molecular weight excluding hydrogens is 349 g/mol. The number of aromatic nitrogens is 3. The zero-order chi connectivity index (χ0) is 15.9. The van der Waals surface area contributed by atoms with E-state index in [0.29, 0.717) is 33.9 Å². The number of pyridine rings is 1. The molecule has 0 spiro atoms. The summed E-state index contributed by atoms with van der Waals surface area (Å²) in [5.41, 5.74) is 0.465. The van der Waals surface area contributed by atoms with Gasteiger partial charge in [0.15, 0.2) is 10.8 Å². The molecule has 2 aromatic rings. The lowest BCUT2D eigenvalue weighted by molar-refractivity contribution is -0.126. The highest BCUT2D eigenvalue weighted by Crippen LogP contribution is 2.28. The molecule has 3 amide bonds. The van der Waals surface area contributed by atoms with Gasteiger partial charge in [0.25, 0.3) is 0 Å². The summed E-state index contributed by atoms with van der Waals surface area (Å²) in [5.74, 6) is -0.273. The fourth-order valence-electron chi connectivity index (χ4n) is 2.09. The van der Waals surface area contributed by atoms with E-state index in [2.05, 4.69) is 15.5 Å². The maximum Gasteiger partial charge on any atom is 0.324 e. The standard InChI is InChI=1S/C12H11Cl2N5O2S/c1-6(10(20)18-3-2-15-11(18)21)22-12-17-16-9-8(14)4-7(13)5-19(9)12/h4-6H,2-3H2,1H3,(H,15,21)/t6-/m0/s1. The molecule has 0 saturated carbocycles. The fourth-order valence-corrected chi connectivity index (χ4v) is 3.49. The van der Waals surface area contributed by atoms with E-state index in [1.54, 1.807) is 23.6 Å². The SMILES string of the molecule is C[C@H](Sc1nnc2c(Cl)cc(Cl)cn12)C(=O)N1CCNC1=O. The molecule has 0 unspecified atom stereocenters. The van der Waals surface area contributed by atoms with Crippen molar-refractivity contribution in [3.63, 3.8) is 0 Å². The third-order valence-corrected chi connectivity index (χ3v) is 4.68. The Kier molecular flexibility index (Phi) is 4.16. The van der Waals surface area contributed by atoms with E-state index < -0.39 is 5.25 Å². The summed E-state index contributed by atoms with van der Waals surface area (Å²) in [4.78, 5) is 25.0. The molecule has 1 aliphatic rings. The number of hydrogen-bond acceptors (Lipinski definition) is 5. The largest absolute Gasteiger partial charge is 0.336 e. The minimum atomic E-state index is -0.492. The van der Waals surface area contributed by atoms with E-state index in [4.69, 9.17) is 23.2 Å². The van der Waals surface area contributed by atoms with Crippen molar-refractivity contribution in [3.05, 3.63) is 22.3 Å². The first-order valence-electron chi connectivity index (χ1n) is 6.43. The maximum absolute atomic E-state index is 12.3. The Bertz CT molecular complexity index is 765. The number of fused-ring (bicyclic) bond motifs is 1. The van der Waals surface area contributed by atoms with Gasteiger partial charge in [-0.05, 0) is 13.0 Å². The lowest BCUT2D eigenvalue weighted by Crippen LogP contribution is -2.39. The van der Waals surface area contributed by atoms with Gasteiger partial charge in [-0.1, -0.05) is 35.0 Å². The van der Waals surface area contributed by atoms with Gasteiger partial charge >= 0.3 is 6.03 Å².